The summed E-state index contributed by atoms with van der Waals surface area (Å²) in [5.74, 6) is 0. The highest BCUT2D eigenvalue weighted by Crippen LogP contribution is 2.32. The number of benzene rings is 2. The van der Waals surface area contributed by atoms with Crippen LogP contribution in [0.25, 0.3) is 6.08 Å². The van der Waals surface area contributed by atoms with E-state index in [9.17, 15) is 23.8 Å². The van der Waals surface area contributed by atoms with E-state index in [1.807, 2.05) is 0 Å². The summed E-state index contributed by atoms with van der Waals surface area (Å²) >= 11 is 6.36. The summed E-state index contributed by atoms with van der Waals surface area (Å²) in [7, 11) is -2.58. The molecule has 0 saturated carbocycles. The maximum Gasteiger partial charge on any atom is 0.292 e. The van der Waals surface area contributed by atoms with Crippen LogP contribution in [0.15, 0.2) is 55.1 Å². The molecule has 0 spiro atoms. The third-order valence-electron chi connectivity index (χ3n) is 3.37. The summed E-state index contributed by atoms with van der Waals surface area (Å²) in [5, 5.41) is 23.2. The molecule has 7 nitrogen and oxygen atoms in total. The second-order valence-electron chi connectivity index (χ2n) is 4.98. The van der Waals surface area contributed by atoms with E-state index in [1.165, 1.54) is 31.3 Å². The van der Waals surface area contributed by atoms with Gasteiger partial charge in [-0.2, -0.15) is 5.26 Å². The summed E-state index contributed by atoms with van der Waals surface area (Å²) in [6.45, 7) is 0. The number of nitriles is 1. The van der Waals surface area contributed by atoms with Gasteiger partial charge in [-0.05, 0) is 51.8 Å². The smallest absolute Gasteiger partial charge is 0.292 e. The highest BCUT2D eigenvalue weighted by atomic mass is 79.9. The number of hydrogen-bond acceptors (Lipinski definition) is 6. The Morgan fingerprint density at radius 2 is 1.96 bits per heavy atom. The van der Waals surface area contributed by atoms with Gasteiger partial charge in [0, 0.05) is 22.1 Å². The van der Waals surface area contributed by atoms with Gasteiger partial charge in [-0.25, -0.2) is 8.42 Å². The van der Waals surface area contributed by atoms with Crippen molar-refractivity contribution >= 4 is 59.1 Å². The van der Waals surface area contributed by atoms with Crippen LogP contribution in [0.2, 0.25) is 0 Å². The van der Waals surface area contributed by atoms with E-state index >= 15 is 0 Å². The maximum absolute atomic E-state index is 12.8. The fourth-order valence-electron chi connectivity index (χ4n) is 2.12. The van der Waals surface area contributed by atoms with E-state index < -0.39 is 19.7 Å². The molecule has 0 aromatic heterocycles. The fourth-order valence-corrected chi connectivity index (χ4v) is 4.78. The van der Waals surface area contributed by atoms with Crippen LogP contribution in [0.5, 0.6) is 0 Å². The van der Waals surface area contributed by atoms with E-state index in [2.05, 4.69) is 37.2 Å². The Hall–Kier alpha value is -2.22. The predicted octanol–water partition coefficient (Wildman–Crippen LogP) is 4.50. The van der Waals surface area contributed by atoms with Gasteiger partial charge in [-0.1, -0.05) is 22.0 Å². The Labute approximate surface area is 166 Å². The molecular weight excluding hydrogens is 490 g/mol. The Morgan fingerprint density at radius 1 is 1.27 bits per heavy atom. The average Bonchev–Trinajstić information content (AvgIpc) is 2.61. The minimum Gasteiger partial charge on any atom is -0.383 e. The lowest BCUT2D eigenvalue weighted by Gasteiger charge is -2.07. The first-order chi connectivity index (χ1) is 12.2. The number of nitrogens with zero attached hydrogens (tertiary/aromatic N) is 2. The van der Waals surface area contributed by atoms with Crippen molar-refractivity contribution in [3.63, 3.8) is 0 Å². The van der Waals surface area contributed by atoms with Gasteiger partial charge in [-0.15, -0.1) is 0 Å². The van der Waals surface area contributed by atoms with E-state index in [0.717, 1.165) is 6.08 Å². The number of sulfone groups is 1. The lowest BCUT2D eigenvalue weighted by atomic mass is 10.1. The van der Waals surface area contributed by atoms with E-state index in [4.69, 9.17) is 0 Å². The van der Waals surface area contributed by atoms with Crippen LogP contribution in [0, 0.1) is 21.4 Å². The number of halogens is 2. The van der Waals surface area contributed by atoms with Gasteiger partial charge < -0.3 is 5.32 Å². The molecule has 134 valence electrons. The number of nitrogens with one attached hydrogen (secondary N) is 1. The summed E-state index contributed by atoms with van der Waals surface area (Å²) in [5.41, 5.74) is 0.282. The van der Waals surface area contributed by atoms with E-state index in [1.54, 1.807) is 18.2 Å². The van der Waals surface area contributed by atoms with Gasteiger partial charge >= 0.3 is 0 Å². The van der Waals surface area contributed by atoms with Crippen molar-refractivity contribution in [3.05, 3.63) is 65.9 Å². The molecule has 0 radical (unpaired) electrons. The largest absolute Gasteiger partial charge is 0.383 e. The van der Waals surface area contributed by atoms with Crippen LogP contribution < -0.4 is 5.32 Å². The second-order valence-corrected chi connectivity index (χ2v) is 8.64. The standard InChI is InChI=1S/C16H11Br2N3O4S/c1-20-14-5-2-10(7-15(14)21(22)23)6-12(9-19)26(24,25)16-8-11(17)3-4-13(16)18/h2-8,20H,1H3/b12-6+. The van der Waals surface area contributed by atoms with Crippen molar-refractivity contribution in [2.24, 2.45) is 0 Å². The minimum absolute atomic E-state index is 0.0824. The zero-order chi connectivity index (χ0) is 19.5. The van der Waals surface area contributed by atoms with Crippen LogP contribution in [0.1, 0.15) is 5.56 Å². The number of nitro groups is 1. The molecule has 0 aliphatic carbocycles. The van der Waals surface area contributed by atoms with E-state index in [-0.39, 0.29) is 21.8 Å². The quantitative estimate of drug-likeness (QED) is 0.367. The topological polar surface area (TPSA) is 113 Å². The molecule has 2 aromatic carbocycles. The van der Waals surface area contributed by atoms with Crippen molar-refractivity contribution in [3.8, 4) is 6.07 Å². The minimum atomic E-state index is -4.11. The number of nitro benzene ring substituents is 1. The molecule has 0 unspecified atom stereocenters. The van der Waals surface area contributed by atoms with Crippen LogP contribution in [0.4, 0.5) is 11.4 Å². The van der Waals surface area contributed by atoms with Crippen molar-refractivity contribution in [1.82, 2.24) is 0 Å². The zero-order valence-corrected chi connectivity index (χ0v) is 17.2. The molecule has 0 aliphatic rings. The normalized spacial score (nSPS) is 11.7. The molecule has 2 aromatic rings. The second kappa shape index (κ2) is 7.99. The van der Waals surface area contributed by atoms with Crippen molar-refractivity contribution < 1.29 is 13.3 Å². The first-order valence-corrected chi connectivity index (χ1v) is 10.1. The van der Waals surface area contributed by atoms with Crippen LogP contribution >= 0.6 is 31.9 Å². The van der Waals surface area contributed by atoms with Gasteiger partial charge in [0.25, 0.3) is 5.69 Å². The lowest BCUT2D eigenvalue weighted by Crippen LogP contribution is -2.05. The molecule has 0 fully saturated rings. The molecule has 0 aliphatic heterocycles. The van der Waals surface area contributed by atoms with Crippen LogP contribution in [-0.4, -0.2) is 20.4 Å². The molecule has 0 atom stereocenters. The van der Waals surface area contributed by atoms with Crippen molar-refractivity contribution in [1.29, 1.82) is 5.26 Å². The number of hydrogen-bond donors (Lipinski definition) is 1. The van der Waals surface area contributed by atoms with Gasteiger partial charge in [-0.3, -0.25) is 10.1 Å². The molecule has 2 rings (SSSR count). The molecule has 0 amide bonds. The lowest BCUT2D eigenvalue weighted by molar-refractivity contribution is -0.383. The number of rotatable bonds is 5. The first-order valence-electron chi connectivity index (χ1n) is 6.99. The molecule has 0 saturated heterocycles. The Balaban J connectivity index is 2.61. The predicted molar refractivity (Wildman–Crippen MR) is 105 cm³/mol. The zero-order valence-electron chi connectivity index (χ0n) is 13.2. The van der Waals surface area contributed by atoms with Crippen LogP contribution in [-0.2, 0) is 9.84 Å². The Morgan fingerprint density at radius 3 is 2.54 bits per heavy atom. The summed E-state index contributed by atoms with van der Waals surface area (Å²) in [6, 6.07) is 10.4. The third kappa shape index (κ3) is 4.12. The fraction of sp³-hybridized carbons (Fsp3) is 0.0625. The molecule has 0 heterocycles. The highest BCUT2D eigenvalue weighted by molar-refractivity contribution is 9.11. The summed E-state index contributed by atoms with van der Waals surface area (Å²) in [6.07, 6.45) is 1.11. The van der Waals surface area contributed by atoms with Crippen molar-refractivity contribution in [2.75, 3.05) is 12.4 Å². The number of anilines is 1. The summed E-state index contributed by atoms with van der Waals surface area (Å²) < 4.78 is 26.4. The monoisotopic (exact) mass is 499 g/mol. The molecule has 1 N–H and O–H groups in total. The highest BCUT2D eigenvalue weighted by Gasteiger charge is 2.24. The average molecular weight is 501 g/mol. The summed E-state index contributed by atoms with van der Waals surface area (Å²) in [4.78, 5) is 9.94. The van der Waals surface area contributed by atoms with Gasteiger partial charge in [0.1, 0.15) is 16.7 Å². The van der Waals surface area contributed by atoms with Gasteiger partial charge in [0.05, 0.1) is 9.82 Å². The third-order valence-corrected chi connectivity index (χ3v) is 6.52. The Kier molecular flexibility index (Phi) is 6.17. The Bertz CT molecular complexity index is 1060. The maximum atomic E-state index is 12.8. The first kappa shape index (κ1) is 20.1. The van der Waals surface area contributed by atoms with Gasteiger partial charge in [0.15, 0.2) is 0 Å². The van der Waals surface area contributed by atoms with Gasteiger partial charge in [0.2, 0.25) is 9.84 Å². The van der Waals surface area contributed by atoms with E-state index in [0.29, 0.717) is 8.95 Å². The van der Waals surface area contributed by atoms with Crippen molar-refractivity contribution in [2.45, 2.75) is 4.90 Å². The molecule has 10 heteroatoms. The molecule has 0 bridgehead atoms. The number of allylic oxidation sites excluding steroid dienone is 1. The molecule has 26 heavy (non-hydrogen) atoms. The molecular formula is C16H11Br2N3O4S. The van der Waals surface area contributed by atoms with Crippen LogP contribution in [0.3, 0.4) is 0 Å². The SMILES string of the molecule is CNc1ccc(/C=C(\C#N)S(=O)(=O)c2cc(Br)ccc2Br)cc1[N+](=O)[O-].